The van der Waals surface area contributed by atoms with E-state index in [0.29, 0.717) is 6.61 Å². The third-order valence-corrected chi connectivity index (χ3v) is 3.61. The molecule has 0 radical (unpaired) electrons. The Balaban J connectivity index is 1.61. The summed E-state index contributed by atoms with van der Waals surface area (Å²) in [5, 5.41) is 9.41. The molecule has 112 valence electrons. The van der Waals surface area contributed by atoms with Crippen molar-refractivity contribution in [1.29, 1.82) is 0 Å². The maximum absolute atomic E-state index is 9.41. The quantitative estimate of drug-likeness (QED) is 0.701. The number of unbranched alkanes of at least 4 members (excludes halogenated alkanes) is 2. The normalized spacial score (nSPS) is 12.2. The lowest BCUT2D eigenvalue weighted by atomic mass is 10.1. The zero-order valence-electron chi connectivity index (χ0n) is 12.4. The van der Waals surface area contributed by atoms with Gasteiger partial charge >= 0.3 is 0 Å². The molecule has 0 aromatic heterocycles. The monoisotopic (exact) mass is 284 g/mol. The minimum atomic E-state index is -0.194. The third-order valence-electron chi connectivity index (χ3n) is 3.61. The first kappa shape index (κ1) is 15.7. The standard InChI is InChI=1S/C19H24O2/c20-16-19(18-13-7-2-8-14-18)21-15-9-3-6-12-17-10-4-1-5-11-17/h1-2,4-5,7-8,10-11,13-14,19-20H,3,6,9,12,15-16H2. The van der Waals surface area contributed by atoms with Crippen LogP contribution in [-0.2, 0) is 11.2 Å². The smallest absolute Gasteiger partial charge is 0.105 e. The highest BCUT2D eigenvalue weighted by Gasteiger charge is 2.09. The Morgan fingerprint density at radius 1 is 0.810 bits per heavy atom. The van der Waals surface area contributed by atoms with Crippen molar-refractivity contribution in [1.82, 2.24) is 0 Å². The van der Waals surface area contributed by atoms with E-state index in [1.54, 1.807) is 0 Å². The molecule has 2 rings (SSSR count). The number of aliphatic hydroxyl groups excluding tert-OH is 1. The van der Waals surface area contributed by atoms with Crippen LogP contribution in [0.15, 0.2) is 60.7 Å². The van der Waals surface area contributed by atoms with E-state index in [1.165, 1.54) is 12.0 Å². The Morgan fingerprint density at radius 2 is 1.48 bits per heavy atom. The fourth-order valence-corrected chi connectivity index (χ4v) is 2.40. The molecule has 21 heavy (non-hydrogen) atoms. The summed E-state index contributed by atoms with van der Waals surface area (Å²) in [6.45, 7) is 0.739. The molecule has 1 unspecified atom stereocenters. The van der Waals surface area contributed by atoms with Gasteiger partial charge in [-0.1, -0.05) is 67.1 Å². The van der Waals surface area contributed by atoms with Crippen LogP contribution in [0, 0.1) is 0 Å². The van der Waals surface area contributed by atoms with Crippen molar-refractivity contribution >= 4 is 0 Å². The number of hydrogen-bond donors (Lipinski definition) is 1. The summed E-state index contributed by atoms with van der Waals surface area (Å²) < 4.78 is 5.78. The van der Waals surface area contributed by atoms with Crippen molar-refractivity contribution in [2.24, 2.45) is 0 Å². The summed E-state index contributed by atoms with van der Waals surface area (Å²) in [5.41, 5.74) is 2.44. The first-order valence-electron chi connectivity index (χ1n) is 7.71. The summed E-state index contributed by atoms with van der Waals surface area (Å²) in [6, 6.07) is 20.5. The predicted molar refractivity (Wildman–Crippen MR) is 86.2 cm³/mol. The number of ether oxygens (including phenoxy) is 1. The Morgan fingerprint density at radius 3 is 2.14 bits per heavy atom. The molecule has 2 heteroatoms. The van der Waals surface area contributed by atoms with Gasteiger partial charge in [-0.3, -0.25) is 0 Å². The number of benzene rings is 2. The van der Waals surface area contributed by atoms with Gasteiger partial charge in [0.1, 0.15) is 6.10 Å². The topological polar surface area (TPSA) is 29.5 Å². The van der Waals surface area contributed by atoms with Gasteiger partial charge in [0.05, 0.1) is 6.61 Å². The second kappa shape index (κ2) is 9.32. The Hall–Kier alpha value is -1.64. The lowest BCUT2D eigenvalue weighted by Gasteiger charge is -2.15. The van der Waals surface area contributed by atoms with Gasteiger partial charge in [-0.05, 0) is 30.4 Å². The van der Waals surface area contributed by atoms with Gasteiger partial charge in [-0.25, -0.2) is 0 Å². The molecule has 0 heterocycles. The minimum absolute atomic E-state index is 0.0357. The molecule has 0 saturated heterocycles. The van der Waals surface area contributed by atoms with Gasteiger partial charge in [0.2, 0.25) is 0 Å². The number of hydrogen-bond acceptors (Lipinski definition) is 2. The van der Waals surface area contributed by atoms with Crippen LogP contribution in [0.3, 0.4) is 0 Å². The zero-order chi connectivity index (χ0) is 14.8. The zero-order valence-corrected chi connectivity index (χ0v) is 12.4. The SMILES string of the molecule is OCC(OCCCCCc1ccccc1)c1ccccc1. The van der Waals surface area contributed by atoms with Crippen LogP contribution >= 0.6 is 0 Å². The van der Waals surface area contributed by atoms with Crippen LogP contribution in [-0.4, -0.2) is 18.3 Å². The van der Waals surface area contributed by atoms with Crippen molar-refractivity contribution in [3.8, 4) is 0 Å². The lowest BCUT2D eigenvalue weighted by molar-refractivity contribution is 0.00991. The fourth-order valence-electron chi connectivity index (χ4n) is 2.40. The average Bonchev–Trinajstić information content (AvgIpc) is 2.56. The summed E-state index contributed by atoms with van der Waals surface area (Å²) in [5.74, 6) is 0. The first-order chi connectivity index (χ1) is 10.4. The molecule has 2 nitrogen and oxygen atoms in total. The molecule has 0 aliphatic heterocycles. The Bertz CT molecular complexity index is 481. The molecule has 0 aliphatic rings. The first-order valence-corrected chi connectivity index (χ1v) is 7.71. The van der Waals surface area contributed by atoms with Crippen LogP contribution in [0.2, 0.25) is 0 Å². The van der Waals surface area contributed by atoms with Crippen molar-refractivity contribution in [2.75, 3.05) is 13.2 Å². The van der Waals surface area contributed by atoms with Crippen LogP contribution < -0.4 is 0 Å². The molecule has 0 bridgehead atoms. The Kier molecular flexibility index (Phi) is 6.99. The van der Waals surface area contributed by atoms with Crippen LogP contribution in [0.1, 0.15) is 36.5 Å². The summed E-state index contributed by atoms with van der Waals surface area (Å²) >= 11 is 0. The van der Waals surface area contributed by atoms with Gasteiger partial charge in [0.15, 0.2) is 0 Å². The lowest BCUT2D eigenvalue weighted by Crippen LogP contribution is -2.09. The van der Waals surface area contributed by atoms with Crippen molar-refractivity contribution in [3.05, 3.63) is 71.8 Å². The summed E-state index contributed by atoms with van der Waals surface area (Å²) in [7, 11) is 0. The van der Waals surface area contributed by atoms with Gasteiger partial charge in [0.25, 0.3) is 0 Å². The predicted octanol–water partition coefficient (Wildman–Crippen LogP) is 4.15. The molecule has 0 fully saturated rings. The van der Waals surface area contributed by atoms with E-state index in [1.807, 2.05) is 30.3 Å². The molecule has 0 saturated carbocycles. The van der Waals surface area contributed by atoms with Gasteiger partial charge in [-0.15, -0.1) is 0 Å². The molecule has 2 aromatic rings. The van der Waals surface area contributed by atoms with Crippen molar-refractivity contribution < 1.29 is 9.84 Å². The van der Waals surface area contributed by atoms with Crippen molar-refractivity contribution in [2.45, 2.75) is 31.8 Å². The highest BCUT2D eigenvalue weighted by Crippen LogP contribution is 2.17. The maximum Gasteiger partial charge on any atom is 0.105 e. The third kappa shape index (κ3) is 5.70. The molecule has 2 aromatic carbocycles. The fraction of sp³-hybridized carbons (Fsp3) is 0.368. The number of aliphatic hydroxyl groups is 1. The van der Waals surface area contributed by atoms with Crippen LogP contribution in [0.5, 0.6) is 0 Å². The molecule has 0 amide bonds. The van der Waals surface area contributed by atoms with Gasteiger partial charge < -0.3 is 9.84 Å². The second-order valence-corrected chi connectivity index (χ2v) is 5.25. The highest BCUT2D eigenvalue weighted by atomic mass is 16.5. The average molecular weight is 284 g/mol. The van der Waals surface area contributed by atoms with Gasteiger partial charge in [-0.2, -0.15) is 0 Å². The largest absolute Gasteiger partial charge is 0.393 e. The van der Waals surface area contributed by atoms with E-state index < -0.39 is 0 Å². The van der Waals surface area contributed by atoms with Crippen LogP contribution in [0.4, 0.5) is 0 Å². The summed E-state index contributed by atoms with van der Waals surface area (Å²) in [6.07, 6.45) is 4.31. The van der Waals surface area contributed by atoms with Crippen molar-refractivity contribution in [3.63, 3.8) is 0 Å². The second-order valence-electron chi connectivity index (χ2n) is 5.25. The Labute approximate surface area is 127 Å². The van der Waals surface area contributed by atoms with E-state index in [0.717, 1.165) is 24.8 Å². The van der Waals surface area contributed by atoms with E-state index in [4.69, 9.17) is 4.74 Å². The van der Waals surface area contributed by atoms with E-state index in [9.17, 15) is 5.11 Å². The molecular weight excluding hydrogens is 260 g/mol. The molecule has 0 aliphatic carbocycles. The van der Waals surface area contributed by atoms with E-state index in [-0.39, 0.29) is 12.7 Å². The molecular formula is C19H24O2. The molecule has 0 spiro atoms. The van der Waals surface area contributed by atoms with Gasteiger partial charge in [0, 0.05) is 6.61 Å². The molecule has 1 atom stereocenters. The highest BCUT2D eigenvalue weighted by molar-refractivity contribution is 5.17. The van der Waals surface area contributed by atoms with Crippen LogP contribution in [0.25, 0.3) is 0 Å². The molecule has 1 N–H and O–H groups in total. The van der Waals surface area contributed by atoms with E-state index >= 15 is 0 Å². The maximum atomic E-state index is 9.41. The number of aryl methyl sites for hydroxylation is 1. The number of rotatable bonds is 9. The minimum Gasteiger partial charge on any atom is -0.393 e. The summed E-state index contributed by atoms with van der Waals surface area (Å²) in [4.78, 5) is 0. The van der Waals surface area contributed by atoms with E-state index in [2.05, 4.69) is 30.3 Å².